The van der Waals surface area contributed by atoms with E-state index < -0.39 is 5.91 Å². The molecule has 0 unspecified atom stereocenters. The highest BCUT2D eigenvalue weighted by Gasteiger charge is 2.11. The summed E-state index contributed by atoms with van der Waals surface area (Å²) >= 11 is 0. The average Bonchev–Trinajstić information content (AvgIpc) is 2.58. The maximum Gasteiger partial charge on any atom is 0.255 e. The molecule has 6 nitrogen and oxygen atoms in total. The number of nitrogens with one attached hydrogen (secondary N) is 2. The summed E-state index contributed by atoms with van der Waals surface area (Å²) in [5.74, 6) is -0.0430. The van der Waals surface area contributed by atoms with Crippen LogP contribution in [0, 0.1) is 11.3 Å². The molecule has 6 heteroatoms. The van der Waals surface area contributed by atoms with E-state index in [-0.39, 0.29) is 12.3 Å². The van der Waals surface area contributed by atoms with Gasteiger partial charge in [-0.1, -0.05) is 12.1 Å². The number of ether oxygens (including phenoxy) is 1. The van der Waals surface area contributed by atoms with Crippen LogP contribution in [0.15, 0.2) is 48.5 Å². The lowest BCUT2D eigenvalue weighted by atomic mass is 10.2. The largest absolute Gasteiger partial charge is 0.494 e. The van der Waals surface area contributed by atoms with Crippen LogP contribution in [0.1, 0.15) is 23.7 Å². The molecule has 0 aromatic heterocycles. The van der Waals surface area contributed by atoms with Crippen molar-refractivity contribution in [2.75, 3.05) is 17.2 Å². The molecule has 0 radical (unpaired) electrons. The van der Waals surface area contributed by atoms with Gasteiger partial charge in [-0.05, 0) is 43.3 Å². The summed E-state index contributed by atoms with van der Waals surface area (Å²) in [6.45, 7) is 2.44. The lowest BCUT2D eigenvalue weighted by Crippen LogP contribution is -2.16. The summed E-state index contributed by atoms with van der Waals surface area (Å²) in [7, 11) is 0. The van der Waals surface area contributed by atoms with Gasteiger partial charge in [0.2, 0.25) is 5.91 Å². The van der Waals surface area contributed by atoms with E-state index in [2.05, 4.69) is 10.6 Å². The lowest BCUT2D eigenvalue weighted by molar-refractivity contribution is -0.115. The fourth-order valence-electron chi connectivity index (χ4n) is 2.03. The number of para-hydroxylation sites is 2. The van der Waals surface area contributed by atoms with Crippen LogP contribution in [0.5, 0.6) is 5.75 Å². The second-order valence-electron chi connectivity index (χ2n) is 4.84. The van der Waals surface area contributed by atoms with Gasteiger partial charge in [0.05, 0.1) is 24.1 Å². The van der Waals surface area contributed by atoms with E-state index in [0.717, 1.165) is 0 Å². The molecule has 122 valence electrons. The number of carbonyl (C=O) groups excluding carboxylic acids is 2. The molecule has 0 aliphatic heterocycles. The molecular formula is C18H17N3O3. The quantitative estimate of drug-likeness (QED) is 0.854. The SMILES string of the molecule is CCOc1ccc(C(=O)Nc2ccccc2NC(=O)CC#N)cc1. The highest BCUT2D eigenvalue weighted by molar-refractivity contribution is 6.07. The summed E-state index contributed by atoms with van der Waals surface area (Å²) in [5, 5.41) is 13.9. The van der Waals surface area contributed by atoms with E-state index in [9.17, 15) is 9.59 Å². The number of nitrogens with zero attached hydrogens (tertiary/aromatic N) is 1. The zero-order valence-corrected chi connectivity index (χ0v) is 13.2. The third-order valence-corrected chi connectivity index (χ3v) is 3.12. The topological polar surface area (TPSA) is 91.2 Å². The Balaban J connectivity index is 2.11. The first kappa shape index (κ1) is 17.0. The fraction of sp³-hybridized carbons (Fsp3) is 0.167. The van der Waals surface area contributed by atoms with E-state index in [1.54, 1.807) is 54.6 Å². The van der Waals surface area contributed by atoms with E-state index >= 15 is 0 Å². The number of nitriles is 1. The van der Waals surface area contributed by atoms with Gasteiger partial charge in [0.15, 0.2) is 0 Å². The Morgan fingerprint density at radius 2 is 1.67 bits per heavy atom. The molecule has 0 fully saturated rings. The Morgan fingerprint density at radius 1 is 1.04 bits per heavy atom. The molecule has 0 saturated carbocycles. The molecule has 0 saturated heterocycles. The number of hydrogen-bond acceptors (Lipinski definition) is 4. The van der Waals surface area contributed by atoms with Gasteiger partial charge >= 0.3 is 0 Å². The number of hydrogen-bond donors (Lipinski definition) is 2. The number of rotatable bonds is 6. The van der Waals surface area contributed by atoms with Gasteiger partial charge in [-0.25, -0.2) is 0 Å². The normalized spacial score (nSPS) is 9.67. The van der Waals surface area contributed by atoms with Crippen LogP contribution in [0.2, 0.25) is 0 Å². The lowest BCUT2D eigenvalue weighted by Gasteiger charge is -2.12. The second-order valence-corrected chi connectivity index (χ2v) is 4.84. The predicted molar refractivity (Wildman–Crippen MR) is 90.9 cm³/mol. The van der Waals surface area contributed by atoms with Gasteiger partial charge in [-0.2, -0.15) is 5.26 Å². The molecule has 2 N–H and O–H groups in total. The van der Waals surface area contributed by atoms with Crippen molar-refractivity contribution in [3.63, 3.8) is 0 Å². The fourth-order valence-corrected chi connectivity index (χ4v) is 2.03. The van der Waals surface area contributed by atoms with Crippen LogP contribution in [-0.2, 0) is 4.79 Å². The molecular weight excluding hydrogens is 306 g/mol. The van der Waals surface area contributed by atoms with E-state index in [4.69, 9.17) is 10.00 Å². The highest BCUT2D eigenvalue weighted by atomic mass is 16.5. The average molecular weight is 323 g/mol. The first-order valence-electron chi connectivity index (χ1n) is 7.44. The van der Waals surface area contributed by atoms with Crippen LogP contribution in [0.25, 0.3) is 0 Å². The third-order valence-electron chi connectivity index (χ3n) is 3.12. The van der Waals surface area contributed by atoms with Gasteiger partial charge in [0.1, 0.15) is 12.2 Å². The summed E-state index contributed by atoms with van der Waals surface area (Å²) in [5.41, 5.74) is 1.37. The summed E-state index contributed by atoms with van der Waals surface area (Å²) < 4.78 is 5.34. The minimum Gasteiger partial charge on any atom is -0.494 e. The van der Waals surface area contributed by atoms with E-state index in [1.807, 2.05) is 6.92 Å². The third kappa shape index (κ3) is 4.58. The van der Waals surface area contributed by atoms with Crippen molar-refractivity contribution >= 4 is 23.2 Å². The maximum atomic E-state index is 12.3. The van der Waals surface area contributed by atoms with Crippen LogP contribution >= 0.6 is 0 Å². The van der Waals surface area contributed by atoms with Crippen molar-refractivity contribution in [1.29, 1.82) is 5.26 Å². The number of benzene rings is 2. The minimum absolute atomic E-state index is 0.249. The smallest absolute Gasteiger partial charge is 0.255 e. The van der Waals surface area contributed by atoms with Crippen molar-refractivity contribution in [1.82, 2.24) is 0 Å². The Morgan fingerprint density at radius 3 is 2.25 bits per heavy atom. The number of amides is 2. The maximum absolute atomic E-state index is 12.3. The molecule has 0 aliphatic carbocycles. The van der Waals surface area contributed by atoms with Crippen LogP contribution in [-0.4, -0.2) is 18.4 Å². The Hall–Kier alpha value is -3.33. The molecule has 0 atom stereocenters. The molecule has 0 aliphatic rings. The molecule has 2 amide bonds. The van der Waals surface area contributed by atoms with Gasteiger partial charge < -0.3 is 15.4 Å². The Labute approximate surface area is 140 Å². The van der Waals surface area contributed by atoms with E-state index in [0.29, 0.717) is 29.3 Å². The van der Waals surface area contributed by atoms with Gasteiger partial charge in [-0.15, -0.1) is 0 Å². The molecule has 0 heterocycles. The number of carbonyl (C=O) groups is 2. The monoisotopic (exact) mass is 323 g/mol. The van der Waals surface area contributed by atoms with Crippen LogP contribution < -0.4 is 15.4 Å². The van der Waals surface area contributed by atoms with Crippen molar-refractivity contribution in [2.45, 2.75) is 13.3 Å². The number of anilines is 2. The van der Waals surface area contributed by atoms with Crippen molar-refractivity contribution in [3.8, 4) is 11.8 Å². The summed E-state index contributed by atoms with van der Waals surface area (Å²) in [4.78, 5) is 23.9. The van der Waals surface area contributed by atoms with Crippen LogP contribution in [0.4, 0.5) is 11.4 Å². The molecule has 0 spiro atoms. The molecule has 0 bridgehead atoms. The summed E-state index contributed by atoms with van der Waals surface area (Å²) in [6.07, 6.45) is -0.249. The second kappa shape index (κ2) is 8.34. The Kier molecular flexibility index (Phi) is 5.92. The van der Waals surface area contributed by atoms with Crippen LogP contribution in [0.3, 0.4) is 0 Å². The van der Waals surface area contributed by atoms with Gasteiger partial charge in [0, 0.05) is 5.56 Å². The van der Waals surface area contributed by atoms with Gasteiger partial charge in [0.25, 0.3) is 5.91 Å². The first-order valence-corrected chi connectivity index (χ1v) is 7.44. The molecule has 24 heavy (non-hydrogen) atoms. The predicted octanol–water partition coefficient (Wildman–Crippen LogP) is 3.19. The van der Waals surface area contributed by atoms with Crippen molar-refractivity contribution in [3.05, 3.63) is 54.1 Å². The summed E-state index contributed by atoms with van der Waals surface area (Å²) in [6, 6.07) is 15.4. The van der Waals surface area contributed by atoms with Gasteiger partial charge in [-0.3, -0.25) is 9.59 Å². The highest BCUT2D eigenvalue weighted by Crippen LogP contribution is 2.22. The van der Waals surface area contributed by atoms with Crippen molar-refractivity contribution < 1.29 is 14.3 Å². The van der Waals surface area contributed by atoms with Crippen molar-refractivity contribution in [2.24, 2.45) is 0 Å². The zero-order valence-electron chi connectivity index (χ0n) is 13.2. The standard InChI is InChI=1S/C18H17N3O3/c1-2-24-14-9-7-13(8-10-14)18(23)21-16-6-4-3-5-15(16)20-17(22)11-12-19/h3-10H,2,11H2,1H3,(H,20,22)(H,21,23). The molecule has 2 rings (SSSR count). The van der Waals surface area contributed by atoms with E-state index in [1.165, 1.54) is 0 Å². The molecule has 2 aromatic rings. The zero-order chi connectivity index (χ0) is 17.4. The first-order chi connectivity index (χ1) is 11.6. The Bertz CT molecular complexity index is 764. The minimum atomic E-state index is -0.430. The molecule has 2 aromatic carbocycles.